The zero-order chi connectivity index (χ0) is 16.7. The molecular formula is C19H22N2O2. The van der Waals surface area contributed by atoms with Gasteiger partial charge in [0.25, 0.3) is 0 Å². The first-order chi connectivity index (χ1) is 11.1. The lowest BCUT2D eigenvalue weighted by Gasteiger charge is -2.17. The predicted octanol–water partition coefficient (Wildman–Crippen LogP) is 2.14. The van der Waals surface area contributed by atoms with E-state index >= 15 is 0 Å². The number of amides is 2. The zero-order valence-electron chi connectivity index (χ0n) is 13.3. The number of primary amides is 1. The molecule has 0 aliphatic rings. The molecule has 0 spiro atoms. The van der Waals surface area contributed by atoms with Crippen LogP contribution in [0.3, 0.4) is 0 Å². The lowest BCUT2D eigenvalue weighted by Crippen LogP contribution is -2.46. The standard InChI is InChI=1S/C19H22N2O2/c1-14-7-5-6-10-16(14)13-17(19(20)23)21-18(22)12-11-15-8-3-2-4-9-15/h2-10,17H,11-13H2,1H3,(H2,20,23)(H,21,22)/t17-/m1/s1. The molecule has 0 heterocycles. The smallest absolute Gasteiger partial charge is 0.240 e. The van der Waals surface area contributed by atoms with Crippen LogP contribution in [-0.4, -0.2) is 17.9 Å². The Hall–Kier alpha value is -2.62. The summed E-state index contributed by atoms with van der Waals surface area (Å²) in [7, 11) is 0. The van der Waals surface area contributed by atoms with E-state index in [0.717, 1.165) is 16.7 Å². The summed E-state index contributed by atoms with van der Waals surface area (Å²) in [5.41, 5.74) is 8.63. The van der Waals surface area contributed by atoms with Crippen LogP contribution in [0.15, 0.2) is 54.6 Å². The van der Waals surface area contributed by atoms with E-state index in [1.165, 1.54) is 0 Å². The Morgan fingerprint density at radius 2 is 1.70 bits per heavy atom. The Morgan fingerprint density at radius 1 is 1.04 bits per heavy atom. The Balaban J connectivity index is 1.92. The lowest BCUT2D eigenvalue weighted by atomic mass is 10.0. The minimum Gasteiger partial charge on any atom is -0.368 e. The molecule has 1 atom stereocenters. The molecule has 0 saturated heterocycles. The molecule has 3 N–H and O–H groups in total. The molecule has 0 fully saturated rings. The van der Waals surface area contributed by atoms with E-state index in [0.29, 0.717) is 19.3 Å². The minimum atomic E-state index is -0.681. The summed E-state index contributed by atoms with van der Waals surface area (Å²) in [6.07, 6.45) is 1.39. The number of carbonyl (C=O) groups excluding carboxylic acids is 2. The van der Waals surface area contributed by atoms with Crippen molar-refractivity contribution in [3.8, 4) is 0 Å². The molecule has 23 heavy (non-hydrogen) atoms. The van der Waals surface area contributed by atoms with Gasteiger partial charge >= 0.3 is 0 Å². The highest BCUT2D eigenvalue weighted by Gasteiger charge is 2.19. The molecule has 0 radical (unpaired) electrons. The number of rotatable bonds is 7. The number of hydrogen-bond donors (Lipinski definition) is 2. The maximum absolute atomic E-state index is 12.1. The van der Waals surface area contributed by atoms with Gasteiger partial charge in [-0.3, -0.25) is 9.59 Å². The van der Waals surface area contributed by atoms with Crippen molar-refractivity contribution < 1.29 is 9.59 Å². The minimum absolute atomic E-state index is 0.161. The highest BCUT2D eigenvalue weighted by atomic mass is 16.2. The first-order valence-electron chi connectivity index (χ1n) is 7.73. The SMILES string of the molecule is Cc1ccccc1C[C@@H](NC(=O)CCc1ccccc1)C(N)=O. The number of hydrogen-bond acceptors (Lipinski definition) is 2. The van der Waals surface area contributed by atoms with E-state index in [1.807, 2.05) is 61.5 Å². The van der Waals surface area contributed by atoms with Crippen molar-refractivity contribution in [2.45, 2.75) is 32.2 Å². The van der Waals surface area contributed by atoms with Crippen molar-refractivity contribution in [3.63, 3.8) is 0 Å². The summed E-state index contributed by atoms with van der Waals surface area (Å²) in [6, 6.07) is 16.9. The van der Waals surface area contributed by atoms with E-state index in [-0.39, 0.29) is 5.91 Å². The van der Waals surface area contributed by atoms with Gasteiger partial charge in [0.15, 0.2) is 0 Å². The van der Waals surface area contributed by atoms with Crippen molar-refractivity contribution in [3.05, 3.63) is 71.3 Å². The van der Waals surface area contributed by atoms with Crippen LogP contribution in [-0.2, 0) is 22.4 Å². The summed E-state index contributed by atoms with van der Waals surface area (Å²) in [5.74, 6) is -0.674. The lowest BCUT2D eigenvalue weighted by molar-refractivity contribution is -0.127. The van der Waals surface area contributed by atoms with Crippen LogP contribution in [0.25, 0.3) is 0 Å². The van der Waals surface area contributed by atoms with E-state index in [1.54, 1.807) is 0 Å². The molecule has 4 heteroatoms. The van der Waals surface area contributed by atoms with Gasteiger partial charge in [-0.15, -0.1) is 0 Å². The number of aryl methyl sites for hydroxylation is 2. The first kappa shape index (κ1) is 16.7. The molecule has 0 bridgehead atoms. The van der Waals surface area contributed by atoms with Crippen LogP contribution in [0.5, 0.6) is 0 Å². The van der Waals surface area contributed by atoms with Crippen LogP contribution in [0, 0.1) is 6.92 Å². The summed E-state index contributed by atoms with van der Waals surface area (Å²) < 4.78 is 0. The van der Waals surface area contributed by atoms with Crippen LogP contribution in [0.1, 0.15) is 23.1 Å². The maximum atomic E-state index is 12.1. The molecule has 2 rings (SSSR count). The van der Waals surface area contributed by atoms with E-state index in [2.05, 4.69) is 5.32 Å². The van der Waals surface area contributed by atoms with Crippen molar-refractivity contribution in [2.24, 2.45) is 5.73 Å². The number of nitrogens with one attached hydrogen (secondary N) is 1. The Labute approximate surface area is 136 Å². The maximum Gasteiger partial charge on any atom is 0.240 e. The van der Waals surface area contributed by atoms with E-state index in [4.69, 9.17) is 5.73 Å². The van der Waals surface area contributed by atoms with Crippen LogP contribution in [0.2, 0.25) is 0 Å². The van der Waals surface area contributed by atoms with Gasteiger partial charge in [-0.05, 0) is 30.0 Å². The van der Waals surface area contributed by atoms with Gasteiger partial charge in [0, 0.05) is 12.8 Å². The fourth-order valence-corrected chi connectivity index (χ4v) is 2.45. The quantitative estimate of drug-likeness (QED) is 0.822. The third-order valence-corrected chi connectivity index (χ3v) is 3.85. The second-order valence-corrected chi connectivity index (χ2v) is 5.64. The summed E-state index contributed by atoms with van der Waals surface area (Å²) >= 11 is 0. The average molecular weight is 310 g/mol. The van der Waals surface area contributed by atoms with Crippen molar-refractivity contribution in [1.29, 1.82) is 0 Å². The molecule has 2 aromatic carbocycles. The van der Waals surface area contributed by atoms with Gasteiger partial charge in [-0.1, -0.05) is 54.6 Å². The second-order valence-electron chi connectivity index (χ2n) is 5.64. The molecule has 120 valence electrons. The highest BCUT2D eigenvalue weighted by Crippen LogP contribution is 2.10. The Morgan fingerprint density at radius 3 is 2.35 bits per heavy atom. The third kappa shape index (κ3) is 5.25. The summed E-state index contributed by atoms with van der Waals surface area (Å²) in [5, 5.41) is 2.75. The summed E-state index contributed by atoms with van der Waals surface area (Å²) in [4.78, 5) is 23.7. The molecule has 4 nitrogen and oxygen atoms in total. The first-order valence-corrected chi connectivity index (χ1v) is 7.73. The Bertz CT molecular complexity index is 668. The van der Waals surface area contributed by atoms with Gasteiger partial charge < -0.3 is 11.1 Å². The molecule has 0 aliphatic carbocycles. The van der Waals surface area contributed by atoms with Crippen LogP contribution >= 0.6 is 0 Å². The largest absolute Gasteiger partial charge is 0.368 e. The molecular weight excluding hydrogens is 288 g/mol. The molecule has 0 aromatic heterocycles. The molecule has 0 unspecified atom stereocenters. The van der Waals surface area contributed by atoms with Gasteiger partial charge in [-0.25, -0.2) is 0 Å². The fourth-order valence-electron chi connectivity index (χ4n) is 2.45. The highest BCUT2D eigenvalue weighted by molar-refractivity contribution is 5.86. The Kier molecular flexibility index (Phi) is 5.92. The van der Waals surface area contributed by atoms with E-state index < -0.39 is 11.9 Å². The van der Waals surface area contributed by atoms with Crippen LogP contribution in [0.4, 0.5) is 0 Å². The molecule has 0 aliphatic heterocycles. The average Bonchev–Trinajstić information content (AvgIpc) is 2.55. The van der Waals surface area contributed by atoms with Crippen molar-refractivity contribution in [1.82, 2.24) is 5.32 Å². The van der Waals surface area contributed by atoms with Crippen molar-refractivity contribution >= 4 is 11.8 Å². The van der Waals surface area contributed by atoms with Gasteiger partial charge in [0.05, 0.1) is 0 Å². The molecule has 2 aromatic rings. The normalized spacial score (nSPS) is 11.7. The van der Waals surface area contributed by atoms with Gasteiger partial charge in [-0.2, -0.15) is 0 Å². The van der Waals surface area contributed by atoms with E-state index in [9.17, 15) is 9.59 Å². The number of benzene rings is 2. The number of carbonyl (C=O) groups is 2. The third-order valence-electron chi connectivity index (χ3n) is 3.85. The second kappa shape index (κ2) is 8.13. The van der Waals surface area contributed by atoms with Gasteiger partial charge in [0.1, 0.15) is 6.04 Å². The monoisotopic (exact) mass is 310 g/mol. The predicted molar refractivity (Wildman–Crippen MR) is 90.8 cm³/mol. The summed E-state index contributed by atoms with van der Waals surface area (Å²) in [6.45, 7) is 1.98. The molecule has 0 saturated carbocycles. The fraction of sp³-hybridized carbons (Fsp3) is 0.263. The topological polar surface area (TPSA) is 72.2 Å². The zero-order valence-corrected chi connectivity index (χ0v) is 13.3. The van der Waals surface area contributed by atoms with Crippen molar-refractivity contribution in [2.75, 3.05) is 0 Å². The van der Waals surface area contributed by atoms with Gasteiger partial charge in [0.2, 0.25) is 11.8 Å². The molecule has 2 amide bonds. The van der Waals surface area contributed by atoms with Crippen LogP contribution < -0.4 is 11.1 Å². The number of nitrogens with two attached hydrogens (primary N) is 1.